The molecule has 16 nitrogen and oxygen atoms in total. The van der Waals surface area contributed by atoms with Crippen LogP contribution in [0.1, 0.15) is 51.4 Å². The molecule has 0 aromatic heterocycles. The van der Waals surface area contributed by atoms with Crippen LogP contribution in [0.4, 0.5) is 0 Å². The van der Waals surface area contributed by atoms with Crippen molar-refractivity contribution in [2.45, 2.75) is 57.0 Å². The summed E-state index contributed by atoms with van der Waals surface area (Å²) in [5, 5.41) is 42.6. The molecule has 0 heterocycles. The molecule has 0 spiro atoms. The standard InChI is InChI=1S/C21H29N3O13/c25-12(1-4-17(30)31)9-22-15(28)7-21(37,20(36)24-11-14(27)3-6-19(34)35)8-16(29)23-10-13(26)2-5-18(32)33/h37H,1-11H2,(H,22,28)(H,23,29)(H,24,36)(H,30,31)(H,32,33)(H,34,35). The Morgan fingerprint density at radius 2 is 0.784 bits per heavy atom. The Labute approximate surface area is 209 Å². The number of aliphatic hydroxyl groups is 1. The summed E-state index contributed by atoms with van der Waals surface area (Å²) in [6.45, 7) is -1.97. The van der Waals surface area contributed by atoms with Gasteiger partial charge in [0.15, 0.2) is 23.0 Å². The van der Waals surface area contributed by atoms with Gasteiger partial charge >= 0.3 is 17.9 Å². The number of hydrogen-bond acceptors (Lipinski definition) is 10. The Morgan fingerprint density at radius 3 is 1.08 bits per heavy atom. The second-order valence-electron chi connectivity index (χ2n) is 7.92. The van der Waals surface area contributed by atoms with Gasteiger partial charge in [0.1, 0.15) is 0 Å². The molecule has 0 aromatic rings. The molecule has 0 aliphatic carbocycles. The summed E-state index contributed by atoms with van der Waals surface area (Å²) in [6, 6.07) is 0. The van der Waals surface area contributed by atoms with Crippen molar-refractivity contribution in [3.05, 3.63) is 0 Å². The van der Waals surface area contributed by atoms with E-state index in [2.05, 4.69) is 10.6 Å². The van der Waals surface area contributed by atoms with Crippen LogP contribution in [0.5, 0.6) is 0 Å². The lowest BCUT2D eigenvalue weighted by Crippen LogP contribution is -2.53. The van der Waals surface area contributed by atoms with Crippen molar-refractivity contribution in [3.8, 4) is 0 Å². The Morgan fingerprint density at radius 1 is 0.486 bits per heavy atom. The fourth-order valence-electron chi connectivity index (χ4n) is 2.62. The number of Topliss-reactive ketones (excluding diaryl/α,β-unsaturated/α-hetero) is 3. The molecule has 0 atom stereocenters. The van der Waals surface area contributed by atoms with E-state index in [1.807, 2.05) is 5.32 Å². The summed E-state index contributed by atoms with van der Waals surface area (Å²) in [4.78, 5) is 104. The van der Waals surface area contributed by atoms with Gasteiger partial charge in [0.2, 0.25) is 11.8 Å². The summed E-state index contributed by atoms with van der Waals surface area (Å²) >= 11 is 0. The number of carboxylic acid groups (broad SMARTS) is 3. The third-order valence-electron chi connectivity index (χ3n) is 4.59. The van der Waals surface area contributed by atoms with Gasteiger partial charge in [0.05, 0.1) is 51.7 Å². The maximum absolute atomic E-state index is 12.6. The zero-order chi connectivity index (χ0) is 28.6. The van der Waals surface area contributed by atoms with Crippen LogP contribution in [0.3, 0.4) is 0 Å². The molecular formula is C21H29N3O13. The maximum Gasteiger partial charge on any atom is 0.303 e. The first-order chi connectivity index (χ1) is 17.1. The van der Waals surface area contributed by atoms with Crippen LogP contribution in [0.2, 0.25) is 0 Å². The number of carbonyl (C=O) groups excluding carboxylic acids is 6. The van der Waals surface area contributed by atoms with Gasteiger partial charge in [-0.05, 0) is 0 Å². The van der Waals surface area contributed by atoms with Crippen LogP contribution in [0, 0.1) is 0 Å². The van der Waals surface area contributed by atoms with E-state index in [1.54, 1.807) is 0 Å². The van der Waals surface area contributed by atoms with E-state index in [4.69, 9.17) is 15.3 Å². The molecule has 16 heteroatoms. The molecule has 0 radical (unpaired) electrons. The molecular weight excluding hydrogens is 502 g/mol. The number of rotatable bonds is 20. The first-order valence-corrected chi connectivity index (χ1v) is 10.9. The number of carboxylic acids is 3. The van der Waals surface area contributed by atoms with E-state index in [-0.39, 0.29) is 0 Å². The quantitative estimate of drug-likeness (QED) is 0.0834. The van der Waals surface area contributed by atoms with Gasteiger partial charge in [-0.2, -0.15) is 0 Å². The second-order valence-corrected chi connectivity index (χ2v) is 7.92. The van der Waals surface area contributed by atoms with Crippen molar-refractivity contribution in [3.63, 3.8) is 0 Å². The topological polar surface area (TPSA) is 271 Å². The van der Waals surface area contributed by atoms with Gasteiger partial charge in [-0.15, -0.1) is 0 Å². The molecule has 37 heavy (non-hydrogen) atoms. The van der Waals surface area contributed by atoms with E-state index < -0.39 is 130 Å². The fraction of sp³-hybridized carbons (Fsp3) is 0.571. The van der Waals surface area contributed by atoms with E-state index in [9.17, 15) is 48.3 Å². The Balaban J connectivity index is 5.20. The highest BCUT2D eigenvalue weighted by Gasteiger charge is 2.40. The second kappa shape index (κ2) is 16.5. The van der Waals surface area contributed by atoms with Crippen LogP contribution < -0.4 is 16.0 Å². The van der Waals surface area contributed by atoms with Gasteiger partial charge in [-0.1, -0.05) is 0 Å². The lowest BCUT2D eigenvalue weighted by molar-refractivity contribution is -0.150. The van der Waals surface area contributed by atoms with E-state index in [1.165, 1.54) is 0 Å². The summed E-state index contributed by atoms with van der Waals surface area (Å²) in [7, 11) is 0. The summed E-state index contributed by atoms with van der Waals surface area (Å²) in [5.74, 6) is -9.30. The van der Waals surface area contributed by atoms with E-state index in [0.717, 1.165) is 0 Å². The predicted octanol–water partition coefficient (Wildman–Crippen LogP) is -2.85. The number of nitrogens with one attached hydrogen (secondary N) is 3. The van der Waals surface area contributed by atoms with Gasteiger partial charge in [-0.3, -0.25) is 43.2 Å². The normalized spacial score (nSPS) is 10.6. The smallest absolute Gasteiger partial charge is 0.303 e. The Hall–Kier alpha value is -4.21. The molecule has 0 bridgehead atoms. The highest BCUT2D eigenvalue weighted by atomic mass is 16.4. The van der Waals surface area contributed by atoms with Gasteiger partial charge in [0.25, 0.3) is 5.91 Å². The van der Waals surface area contributed by atoms with E-state index >= 15 is 0 Å². The lowest BCUT2D eigenvalue weighted by Gasteiger charge is -2.26. The molecule has 0 fully saturated rings. The highest BCUT2D eigenvalue weighted by molar-refractivity contribution is 5.98. The van der Waals surface area contributed by atoms with Crippen molar-refractivity contribution >= 4 is 53.0 Å². The predicted molar refractivity (Wildman–Crippen MR) is 119 cm³/mol. The number of carbonyl (C=O) groups is 9. The summed E-state index contributed by atoms with van der Waals surface area (Å²) in [6.07, 6.45) is -4.86. The Kier molecular flexibility index (Phi) is 14.6. The molecule has 0 aromatic carbocycles. The van der Waals surface area contributed by atoms with Crippen LogP contribution in [0.15, 0.2) is 0 Å². The largest absolute Gasteiger partial charge is 0.481 e. The average molecular weight is 531 g/mol. The highest BCUT2D eigenvalue weighted by Crippen LogP contribution is 2.16. The van der Waals surface area contributed by atoms with Crippen molar-refractivity contribution in [2.24, 2.45) is 0 Å². The molecule has 0 unspecified atom stereocenters. The first-order valence-electron chi connectivity index (χ1n) is 10.9. The van der Waals surface area contributed by atoms with E-state index in [0.29, 0.717) is 0 Å². The number of amides is 3. The van der Waals surface area contributed by atoms with Crippen LogP contribution >= 0.6 is 0 Å². The third-order valence-corrected chi connectivity index (χ3v) is 4.59. The average Bonchev–Trinajstić information content (AvgIpc) is 2.80. The summed E-state index contributed by atoms with van der Waals surface area (Å²) in [5.41, 5.74) is -2.77. The van der Waals surface area contributed by atoms with Crippen molar-refractivity contribution in [2.75, 3.05) is 19.6 Å². The van der Waals surface area contributed by atoms with Gasteiger partial charge < -0.3 is 36.4 Å². The van der Waals surface area contributed by atoms with Crippen molar-refractivity contribution in [1.29, 1.82) is 0 Å². The van der Waals surface area contributed by atoms with Crippen LogP contribution in [0.25, 0.3) is 0 Å². The molecule has 3 amide bonds. The molecule has 0 saturated carbocycles. The zero-order valence-corrected chi connectivity index (χ0v) is 19.7. The fourth-order valence-corrected chi connectivity index (χ4v) is 2.62. The summed E-state index contributed by atoms with van der Waals surface area (Å²) < 4.78 is 0. The van der Waals surface area contributed by atoms with Gasteiger partial charge in [-0.25, -0.2) is 0 Å². The first kappa shape index (κ1) is 32.8. The van der Waals surface area contributed by atoms with Crippen molar-refractivity contribution < 1.29 is 63.6 Å². The minimum Gasteiger partial charge on any atom is -0.481 e. The zero-order valence-electron chi connectivity index (χ0n) is 19.7. The SMILES string of the molecule is O=C(O)CCC(=O)CNC(=O)CC(O)(CC(=O)NCC(=O)CCC(=O)O)C(=O)NCC(=O)CCC(=O)O. The monoisotopic (exact) mass is 531 g/mol. The third kappa shape index (κ3) is 16.2. The molecule has 0 rings (SSSR count). The van der Waals surface area contributed by atoms with Crippen LogP contribution in [-0.4, -0.2) is 98.6 Å². The molecule has 0 saturated heterocycles. The molecule has 7 N–H and O–H groups in total. The number of aliphatic carboxylic acids is 3. The molecule has 0 aliphatic heterocycles. The minimum absolute atomic E-state index is 0.392. The number of hydrogen-bond donors (Lipinski definition) is 7. The van der Waals surface area contributed by atoms with Gasteiger partial charge in [0, 0.05) is 19.3 Å². The molecule has 0 aliphatic rings. The lowest BCUT2D eigenvalue weighted by atomic mass is 9.93. The molecule has 206 valence electrons. The minimum atomic E-state index is -2.77. The Bertz CT molecular complexity index is 881. The van der Waals surface area contributed by atoms with Crippen LogP contribution in [-0.2, 0) is 43.2 Å². The number of ketones is 3. The van der Waals surface area contributed by atoms with Crippen molar-refractivity contribution in [1.82, 2.24) is 16.0 Å². The maximum atomic E-state index is 12.6.